The molecule has 0 aromatic heterocycles. The van der Waals surface area contributed by atoms with Crippen molar-refractivity contribution < 1.29 is 14.3 Å². The molecule has 24 heavy (non-hydrogen) atoms. The van der Waals surface area contributed by atoms with E-state index in [4.69, 9.17) is 10.5 Å². The van der Waals surface area contributed by atoms with Gasteiger partial charge in [-0.2, -0.15) is 0 Å². The first kappa shape index (κ1) is 22.2. The summed E-state index contributed by atoms with van der Waals surface area (Å²) in [6.07, 6.45) is 0. The average Bonchev–Trinajstić information content (AvgIpc) is 2.53. The number of amides is 2. The van der Waals surface area contributed by atoms with Crippen molar-refractivity contribution in [3.8, 4) is 5.75 Å². The van der Waals surface area contributed by atoms with Crippen LogP contribution in [-0.2, 0) is 16.1 Å². The molecule has 0 unspecified atom stereocenters. The Bertz CT molecular complexity index is 520. The summed E-state index contributed by atoms with van der Waals surface area (Å²) in [6, 6.07) is 6.99. The minimum absolute atomic E-state index is 0. The Morgan fingerprint density at radius 2 is 1.83 bits per heavy atom. The second kappa shape index (κ2) is 10.9. The third kappa shape index (κ3) is 7.19. The number of benzene rings is 1. The largest absolute Gasteiger partial charge is 0.494 e. The first-order chi connectivity index (χ1) is 10.8. The molecule has 1 rings (SSSR count). The second-order valence-electron chi connectivity index (χ2n) is 5.81. The van der Waals surface area contributed by atoms with Gasteiger partial charge in [0.25, 0.3) is 0 Å². The summed E-state index contributed by atoms with van der Waals surface area (Å²) in [4.78, 5) is 25.4. The topological polar surface area (TPSA) is 84.7 Å². The van der Waals surface area contributed by atoms with Gasteiger partial charge in [-0.15, -0.1) is 12.4 Å². The first-order valence-corrected chi connectivity index (χ1v) is 7.84. The van der Waals surface area contributed by atoms with Crippen LogP contribution >= 0.6 is 12.4 Å². The van der Waals surface area contributed by atoms with Gasteiger partial charge < -0.3 is 20.7 Å². The van der Waals surface area contributed by atoms with Crippen LogP contribution in [0, 0.1) is 5.92 Å². The number of nitrogens with two attached hydrogens (primary N) is 1. The van der Waals surface area contributed by atoms with Gasteiger partial charge in [0.2, 0.25) is 11.8 Å². The zero-order valence-electron chi connectivity index (χ0n) is 14.7. The number of hydrogen-bond donors (Lipinski definition) is 2. The molecule has 0 fully saturated rings. The lowest BCUT2D eigenvalue weighted by atomic mass is 10.1. The van der Waals surface area contributed by atoms with Crippen LogP contribution in [-0.4, -0.2) is 43.0 Å². The number of ether oxygens (including phenoxy) is 1. The van der Waals surface area contributed by atoms with Crippen LogP contribution in [0.15, 0.2) is 24.3 Å². The molecule has 1 aromatic rings. The molecule has 0 heterocycles. The van der Waals surface area contributed by atoms with Gasteiger partial charge in [-0.3, -0.25) is 9.59 Å². The Kier molecular flexibility index (Phi) is 10.1. The molecule has 0 aliphatic rings. The highest BCUT2D eigenvalue weighted by atomic mass is 35.5. The van der Waals surface area contributed by atoms with Crippen LogP contribution in [0.2, 0.25) is 0 Å². The van der Waals surface area contributed by atoms with Gasteiger partial charge in [-0.25, -0.2) is 0 Å². The van der Waals surface area contributed by atoms with Gasteiger partial charge in [-0.05, 0) is 30.5 Å². The molecule has 7 heteroatoms. The molecule has 6 nitrogen and oxygen atoms in total. The van der Waals surface area contributed by atoms with E-state index in [1.807, 2.05) is 45.0 Å². The highest BCUT2D eigenvalue weighted by Crippen LogP contribution is 2.13. The second-order valence-corrected chi connectivity index (χ2v) is 5.81. The van der Waals surface area contributed by atoms with Crippen LogP contribution in [0.1, 0.15) is 26.3 Å². The molecule has 0 aliphatic carbocycles. The van der Waals surface area contributed by atoms with Gasteiger partial charge in [0.15, 0.2) is 0 Å². The van der Waals surface area contributed by atoms with E-state index in [1.165, 1.54) is 0 Å². The molecule has 0 spiro atoms. The van der Waals surface area contributed by atoms with Gasteiger partial charge in [0.05, 0.1) is 19.2 Å². The Hall–Kier alpha value is -1.79. The third-order valence-corrected chi connectivity index (χ3v) is 3.51. The predicted molar refractivity (Wildman–Crippen MR) is 97.2 cm³/mol. The van der Waals surface area contributed by atoms with Crippen molar-refractivity contribution in [3.63, 3.8) is 0 Å². The number of carbonyl (C=O) groups is 2. The lowest BCUT2D eigenvalue weighted by molar-refractivity contribution is -0.132. The van der Waals surface area contributed by atoms with E-state index in [-0.39, 0.29) is 36.7 Å². The van der Waals surface area contributed by atoms with Crippen molar-refractivity contribution in [1.82, 2.24) is 10.2 Å². The van der Waals surface area contributed by atoms with Crippen molar-refractivity contribution >= 4 is 24.2 Å². The van der Waals surface area contributed by atoms with Crippen molar-refractivity contribution in [3.05, 3.63) is 29.8 Å². The standard InChI is InChI=1S/C17H27N3O3.ClH/c1-5-23-14-8-6-13(7-9-14)11-20(4)15(21)10-19-17(22)16(18)12(2)3;/h6-9,12,16H,5,10-11,18H2,1-4H3,(H,19,22);1H/t16-;/m0./s1. The molecule has 2 amide bonds. The summed E-state index contributed by atoms with van der Waals surface area (Å²) in [7, 11) is 1.70. The van der Waals surface area contributed by atoms with Crippen molar-refractivity contribution in [2.24, 2.45) is 11.7 Å². The molecule has 136 valence electrons. The van der Waals surface area contributed by atoms with E-state index in [1.54, 1.807) is 11.9 Å². The zero-order valence-corrected chi connectivity index (χ0v) is 15.6. The molecule has 1 aromatic carbocycles. The SMILES string of the molecule is CCOc1ccc(CN(C)C(=O)CNC(=O)[C@@H](N)C(C)C)cc1.Cl. The molecular formula is C17H28ClN3O3. The van der Waals surface area contributed by atoms with Crippen LogP contribution in [0.4, 0.5) is 0 Å². The Balaban J connectivity index is 0.00000529. The van der Waals surface area contributed by atoms with E-state index in [9.17, 15) is 9.59 Å². The monoisotopic (exact) mass is 357 g/mol. The smallest absolute Gasteiger partial charge is 0.242 e. The van der Waals surface area contributed by atoms with Crippen molar-refractivity contribution in [1.29, 1.82) is 0 Å². The molecule has 0 radical (unpaired) electrons. The number of nitrogens with one attached hydrogen (secondary N) is 1. The average molecular weight is 358 g/mol. The number of nitrogens with zero attached hydrogens (tertiary/aromatic N) is 1. The minimum Gasteiger partial charge on any atom is -0.494 e. The van der Waals surface area contributed by atoms with Gasteiger partial charge in [0.1, 0.15) is 5.75 Å². The predicted octanol–water partition coefficient (Wildman–Crippen LogP) is 1.57. The van der Waals surface area contributed by atoms with E-state index >= 15 is 0 Å². The number of hydrogen-bond acceptors (Lipinski definition) is 4. The number of carbonyl (C=O) groups excluding carboxylic acids is 2. The summed E-state index contributed by atoms with van der Waals surface area (Å²) < 4.78 is 5.38. The third-order valence-electron chi connectivity index (χ3n) is 3.51. The molecule has 0 saturated carbocycles. The number of rotatable bonds is 8. The lowest BCUT2D eigenvalue weighted by Crippen LogP contribution is -2.47. The molecule has 0 bridgehead atoms. The van der Waals surface area contributed by atoms with E-state index < -0.39 is 6.04 Å². The maximum atomic E-state index is 12.1. The maximum absolute atomic E-state index is 12.1. The van der Waals surface area contributed by atoms with Crippen LogP contribution in [0.25, 0.3) is 0 Å². The maximum Gasteiger partial charge on any atom is 0.242 e. The highest BCUT2D eigenvalue weighted by Gasteiger charge is 2.18. The van der Waals surface area contributed by atoms with Crippen molar-refractivity contribution in [2.45, 2.75) is 33.4 Å². The van der Waals surface area contributed by atoms with Crippen molar-refractivity contribution in [2.75, 3.05) is 20.2 Å². The summed E-state index contributed by atoms with van der Waals surface area (Å²) in [5.41, 5.74) is 6.73. The quantitative estimate of drug-likeness (QED) is 0.739. The Labute approximate surface area is 150 Å². The molecule has 0 saturated heterocycles. The molecule has 3 N–H and O–H groups in total. The number of likely N-dealkylation sites (N-methyl/N-ethyl adjacent to an activating group) is 1. The fourth-order valence-electron chi connectivity index (χ4n) is 1.94. The summed E-state index contributed by atoms with van der Waals surface area (Å²) in [6.45, 7) is 6.70. The molecule has 0 aliphatic heterocycles. The van der Waals surface area contributed by atoms with Gasteiger partial charge >= 0.3 is 0 Å². The minimum atomic E-state index is -0.598. The zero-order chi connectivity index (χ0) is 17.4. The molecular weight excluding hydrogens is 330 g/mol. The van der Waals surface area contributed by atoms with Crippen LogP contribution < -0.4 is 15.8 Å². The van der Waals surface area contributed by atoms with E-state index in [2.05, 4.69) is 5.32 Å². The van der Waals surface area contributed by atoms with E-state index in [0.29, 0.717) is 13.2 Å². The first-order valence-electron chi connectivity index (χ1n) is 7.84. The van der Waals surface area contributed by atoms with Gasteiger partial charge in [0, 0.05) is 13.6 Å². The van der Waals surface area contributed by atoms with Crippen LogP contribution in [0.3, 0.4) is 0 Å². The normalized spacial score (nSPS) is 11.4. The summed E-state index contributed by atoms with van der Waals surface area (Å²) in [5.74, 6) is 0.373. The lowest BCUT2D eigenvalue weighted by Gasteiger charge is -2.19. The molecule has 1 atom stereocenters. The summed E-state index contributed by atoms with van der Waals surface area (Å²) >= 11 is 0. The number of halogens is 1. The van der Waals surface area contributed by atoms with Crippen LogP contribution in [0.5, 0.6) is 5.75 Å². The Morgan fingerprint density at radius 3 is 2.33 bits per heavy atom. The summed E-state index contributed by atoms with van der Waals surface area (Å²) in [5, 5.41) is 2.58. The fourth-order valence-corrected chi connectivity index (χ4v) is 1.94. The highest BCUT2D eigenvalue weighted by molar-refractivity contribution is 5.87. The van der Waals surface area contributed by atoms with Gasteiger partial charge in [-0.1, -0.05) is 26.0 Å². The fraction of sp³-hybridized carbons (Fsp3) is 0.529. The van der Waals surface area contributed by atoms with E-state index in [0.717, 1.165) is 11.3 Å². The Morgan fingerprint density at radius 1 is 1.25 bits per heavy atom.